The second-order valence-corrected chi connectivity index (χ2v) is 7.75. The molecule has 34 heavy (non-hydrogen) atoms. The normalized spacial score (nSPS) is 11.3. The van der Waals surface area contributed by atoms with Gasteiger partial charge < -0.3 is 4.74 Å². The lowest BCUT2D eigenvalue weighted by Crippen LogP contribution is -2.22. The van der Waals surface area contributed by atoms with Crippen LogP contribution in [0.15, 0.2) is 101 Å². The van der Waals surface area contributed by atoms with Gasteiger partial charge in [0.1, 0.15) is 11.6 Å². The van der Waals surface area contributed by atoms with E-state index in [2.05, 4.69) is 10.1 Å². The molecule has 0 N–H and O–H groups in total. The Bertz CT molecular complexity index is 1600. The first-order valence-corrected chi connectivity index (χ1v) is 11.0. The van der Waals surface area contributed by atoms with Crippen LogP contribution in [0.4, 0.5) is 0 Å². The van der Waals surface area contributed by atoms with Crippen LogP contribution in [0.5, 0.6) is 5.75 Å². The molecule has 4 aromatic carbocycles. The number of ether oxygens (including phenoxy) is 1. The van der Waals surface area contributed by atoms with E-state index in [0.717, 1.165) is 16.3 Å². The van der Waals surface area contributed by atoms with E-state index >= 15 is 0 Å². The Balaban J connectivity index is 1.37. The summed E-state index contributed by atoms with van der Waals surface area (Å²) in [6.07, 6.45) is 2.16. The van der Waals surface area contributed by atoms with Crippen molar-refractivity contribution < 1.29 is 9.53 Å². The molecule has 166 valence electrons. The van der Waals surface area contributed by atoms with Crippen LogP contribution in [0.1, 0.15) is 28.7 Å². The van der Waals surface area contributed by atoms with Crippen molar-refractivity contribution in [1.82, 2.24) is 9.66 Å². The predicted molar refractivity (Wildman–Crippen MR) is 134 cm³/mol. The fourth-order valence-corrected chi connectivity index (χ4v) is 3.83. The van der Waals surface area contributed by atoms with Crippen LogP contribution in [-0.4, -0.2) is 21.8 Å². The predicted octanol–water partition coefficient (Wildman–Crippen LogP) is 5.21. The van der Waals surface area contributed by atoms with Gasteiger partial charge in [-0.2, -0.15) is 9.78 Å². The van der Waals surface area contributed by atoms with Crippen LogP contribution in [0.25, 0.3) is 21.7 Å². The molecular formula is C28H21N3O3. The van der Waals surface area contributed by atoms with E-state index in [-0.39, 0.29) is 5.56 Å². The molecule has 0 saturated carbocycles. The number of carbonyl (C=O) groups excluding carboxylic acids is 1. The van der Waals surface area contributed by atoms with E-state index in [1.54, 1.807) is 42.6 Å². The van der Waals surface area contributed by atoms with Crippen molar-refractivity contribution in [2.24, 2.45) is 5.10 Å². The number of hydrogen-bond acceptors (Lipinski definition) is 5. The van der Waals surface area contributed by atoms with Crippen molar-refractivity contribution in [3.05, 3.63) is 118 Å². The van der Waals surface area contributed by atoms with Gasteiger partial charge in [-0.05, 0) is 58.8 Å². The minimum Gasteiger partial charge on any atom is -0.423 e. The second-order valence-electron chi connectivity index (χ2n) is 7.75. The molecule has 5 rings (SSSR count). The lowest BCUT2D eigenvalue weighted by Gasteiger charge is -2.08. The largest absolute Gasteiger partial charge is 0.423 e. The number of carbonyl (C=O) groups is 1. The van der Waals surface area contributed by atoms with Crippen LogP contribution in [0.3, 0.4) is 0 Å². The highest BCUT2D eigenvalue weighted by atomic mass is 16.5. The van der Waals surface area contributed by atoms with Gasteiger partial charge in [0.15, 0.2) is 0 Å². The molecule has 1 heterocycles. The fraction of sp³-hybridized carbons (Fsp3) is 0.0714. The van der Waals surface area contributed by atoms with Gasteiger partial charge in [-0.25, -0.2) is 9.78 Å². The average molecular weight is 447 g/mol. The molecule has 6 nitrogen and oxygen atoms in total. The number of aryl methyl sites for hydroxylation is 1. The molecular weight excluding hydrogens is 426 g/mol. The number of nitrogens with zero attached hydrogens (tertiary/aromatic N) is 3. The van der Waals surface area contributed by atoms with E-state index in [1.165, 1.54) is 4.68 Å². The smallest absolute Gasteiger partial charge is 0.344 e. The molecule has 0 radical (unpaired) electrons. The number of para-hydroxylation sites is 1. The summed E-state index contributed by atoms with van der Waals surface area (Å²) in [4.78, 5) is 30.2. The van der Waals surface area contributed by atoms with E-state index in [0.29, 0.717) is 34.5 Å². The summed E-state index contributed by atoms with van der Waals surface area (Å²) in [5.41, 5.74) is 1.72. The first-order valence-electron chi connectivity index (χ1n) is 11.0. The molecule has 5 aromatic rings. The summed E-state index contributed by atoms with van der Waals surface area (Å²) in [5.74, 6) is 0.592. The van der Waals surface area contributed by atoms with E-state index < -0.39 is 5.97 Å². The Labute approximate surface area is 195 Å². The summed E-state index contributed by atoms with van der Waals surface area (Å²) in [6.45, 7) is 1.93. The van der Waals surface area contributed by atoms with Gasteiger partial charge in [-0.1, -0.05) is 55.5 Å². The quantitative estimate of drug-likeness (QED) is 0.211. The Hall–Kier alpha value is -4.58. The van der Waals surface area contributed by atoms with Crippen molar-refractivity contribution in [1.29, 1.82) is 0 Å². The number of fused-ring (bicyclic) bond motifs is 2. The Morgan fingerprint density at radius 1 is 0.912 bits per heavy atom. The van der Waals surface area contributed by atoms with Crippen LogP contribution < -0.4 is 10.3 Å². The maximum atomic E-state index is 12.9. The molecule has 0 unspecified atom stereocenters. The molecule has 0 saturated heterocycles. The number of aromatic nitrogens is 2. The second kappa shape index (κ2) is 9.11. The molecule has 1 aromatic heterocycles. The number of benzene rings is 4. The summed E-state index contributed by atoms with van der Waals surface area (Å²) in [5, 5.41) is 6.73. The first-order chi connectivity index (χ1) is 16.6. The summed E-state index contributed by atoms with van der Waals surface area (Å²) < 4.78 is 6.91. The van der Waals surface area contributed by atoms with Gasteiger partial charge in [-0.15, -0.1) is 0 Å². The zero-order valence-electron chi connectivity index (χ0n) is 18.5. The maximum absolute atomic E-state index is 12.9. The lowest BCUT2D eigenvalue weighted by molar-refractivity contribution is 0.0737. The van der Waals surface area contributed by atoms with E-state index in [4.69, 9.17) is 4.74 Å². The highest BCUT2D eigenvalue weighted by molar-refractivity contribution is 6.05. The Morgan fingerprint density at radius 2 is 1.62 bits per heavy atom. The van der Waals surface area contributed by atoms with Crippen LogP contribution >= 0.6 is 0 Å². The van der Waals surface area contributed by atoms with E-state index in [9.17, 15) is 9.59 Å². The SMILES string of the molecule is CCc1nc2ccccc2c(=O)n1/N=C/c1ccc(OC(=O)c2cccc3ccccc23)cc1. The van der Waals surface area contributed by atoms with Crippen LogP contribution in [0, 0.1) is 0 Å². The third kappa shape index (κ3) is 4.09. The Morgan fingerprint density at radius 3 is 2.41 bits per heavy atom. The molecule has 0 fully saturated rings. The monoisotopic (exact) mass is 447 g/mol. The van der Waals surface area contributed by atoms with E-state index in [1.807, 2.05) is 61.5 Å². The standard InChI is InChI=1S/C28H21N3O3/c1-2-26-30-25-13-6-5-11-24(25)27(32)31(26)29-18-19-14-16-21(17-15-19)34-28(33)23-12-7-9-20-8-3-4-10-22(20)23/h3-18H,2H2,1H3/b29-18+. The number of rotatable bonds is 5. The molecule has 6 heteroatoms. The van der Waals surface area contributed by atoms with Crippen molar-refractivity contribution in [3.63, 3.8) is 0 Å². The molecule has 0 aliphatic carbocycles. The van der Waals surface area contributed by atoms with Gasteiger partial charge in [-0.3, -0.25) is 4.79 Å². The third-order valence-corrected chi connectivity index (χ3v) is 5.56. The zero-order valence-corrected chi connectivity index (χ0v) is 18.5. The molecule has 0 aliphatic rings. The van der Waals surface area contributed by atoms with Crippen LogP contribution in [-0.2, 0) is 6.42 Å². The number of esters is 1. The fourth-order valence-electron chi connectivity index (χ4n) is 3.83. The first kappa shape index (κ1) is 21.3. The summed E-state index contributed by atoms with van der Waals surface area (Å²) in [6, 6.07) is 27.4. The van der Waals surface area contributed by atoms with Gasteiger partial charge in [0.05, 0.1) is 22.7 Å². The molecule has 0 aliphatic heterocycles. The minimum absolute atomic E-state index is 0.209. The molecule has 0 amide bonds. The molecule has 0 atom stereocenters. The summed E-state index contributed by atoms with van der Waals surface area (Å²) in [7, 11) is 0. The van der Waals surface area contributed by atoms with Gasteiger partial charge in [0.2, 0.25) is 0 Å². The highest BCUT2D eigenvalue weighted by Crippen LogP contribution is 2.21. The van der Waals surface area contributed by atoms with Crippen molar-refractivity contribution in [2.75, 3.05) is 0 Å². The average Bonchev–Trinajstić information content (AvgIpc) is 2.88. The van der Waals surface area contributed by atoms with Crippen molar-refractivity contribution in [2.45, 2.75) is 13.3 Å². The van der Waals surface area contributed by atoms with Crippen molar-refractivity contribution in [3.8, 4) is 5.75 Å². The third-order valence-electron chi connectivity index (χ3n) is 5.56. The minimum atomic E-state index is -0.417. The summed E-state index contributed by atoms with van der Waals surface area (Å²) >= 11 is 0. The zero-order chi connectivity index (χ0) is 23.5. The highest BCUT2D eigenvalue weighted by Gasteiger charge is 2.12. The topological polar surface area (TPSA) is 73.6 Å². The van der Waals surface area contributed by atoms with Crippen LogP contribution in [0.2, 0.25) is 0 Å². The van der Waals surface area contributed by atoms with Gasteiger partial charge in [0.25, 0.3) is 5.56 Å². The maximum Gasteiger partial charge on any atom is 0.344 e. The Kier molecular flexibility index (Phi) is 5.70. The van der Waals surface area contributed by atoms with Gasteiger partial charge in [0, 0.05) is 6.42 Å². The lowest BCUT2D eigenvalue weighted by atomic mass is 10.0. The molecule has 0 spiro atoms. The number of hydrogen-bond donors (Lipinski definition) is 0. The molecule has 0 bridgehead atoms. The van der Waals surface area contributed by atoms with Crippen molar-refractivity contribution >= 4 is 33.9 Å². The van der Waals surface area contributed by atoms with Gasteiger partial charge >= 0.3 is 5.97 Å².